The number of carboxylic acid groups (broad SMARTS) is 4. The molecule has 0 amide bonds. The normalized spacial score (nSPS) is 8.73. The highest BCUT2D eigenvalue weighted by Crippen LogP contribution is 2.17. The van der Waals surface area contributed by atoms with E-state index >= 15 is 0 Å². The maximum absolute atomic E-state index is 9.10. The molecule has 10 nitrogen and oxygen atoms in total. The van der Waals surface area contributed by atoms with Gasteiger partial charge in [-0.1, -0.05) is 0 Å². The first-order valence-electron chi connectivity index (χ1n) is 5.30. The van der Waals surface area contributed by atoms with Crippen LogP contribution >= 0.6 is 0 Å². The number of anilines is 1. The first-order chi connectivity index (χ1) is 10.1. The van der Waals surface area contributed by atoms with Crippen molar-refractivity contribution in [3.8, 4) is 0 Å². The van der Waals surface area contributed by atoms with E-state index in [0.717, 1.165) is 16.7 Å². The van der Waals surface area contributed by atoms with E-state index < -0.39 is 23.9 Å². The number of furan rings is 1. The van der Waals surface area contributed by atoms with Crippen molar-refractivity contribution in [3.05, 3.63) is 30.5 Å². The second kappa shape index (κ2) is 8.58. The molecular weight excluding hydrogens is 302 g/mol. The third kappa shape index (κ3) is 7.13. The quantitative estimate of drug-likeness (QED) is 0.334. The highest BCUT2D eigenvalue weighted by Gasteiger charge is 2.04. The molecule has 0 saturated carbocycles. The molecule has 2 rings (SSSR count). The maximum Gasteiger partial charge on any atom is 0.414 e. The lowest BCUT2D eigenvalue weighted by Crippen LogP contribution is -2.09. The number of fused-ring (bicyclic) bond motifs is 1. The molecule has 10 heteroatoms. The fourth-order valence-electron chi connectivity index (χ4n) is 0.985. The molecule has 6 N–H and O–H groups in total. The van der Waals surface area contributed by atoms with Crippen LogP contribution in [0.1, 0.15) is 0 Å². The van der Waals surface area contributed by atoms with Crippen LogP contribution in [0.25, 0.3) is 11.0 Å². The van der Waals surface area contributed by atoms with Crippen molar-refractivity contribution >= 4 is 40.5 Å². The molecule has 0 aliphatic carbocycles. The molecule has 0 spiro atoms. The minimum atomic E-state index is -1.82. The molecule has 0 aliphatic heterocycles. The monoisotopic (exact) mass is 313 g/mol. The average Bonchev–Trinajstić information content (AvgIpc) is 2.87. The van der Waals surface area contributed by atoms with Crippen LogP contribution in [-0.2, 0) is 19.2 Å². The van der Waals surface area contributed by atoms with Gasteiger partial charge in [-0.05, 0) is 24.3 Å². The van der Waals surface area contributed by atoms with Crippen molar-refractivity contribution in [1.29, 1.82) is 0 Å². The molecule has 1 aromatic carbocycles. The second-order valence-electron chi connectivity index (χ2n) is 3.44. The van der Waals surface area contributed by atoms with Gasteiger partial charge in [0.2, 0.25) is 0 Å². The third-order valence-corrected chi connectivity index (χ3v) is 1.84. The van der Waals surface area contributed by atoms with Gasteiger partial charge >= 0.3 is 23.9 Å². The summed E-state index contributed by atoms with van der Waals surface area (Å²) < 4.78 is 5.12. The molecule has 118 valence electrons. The van der Waals surface area contributed by atoms with Gasteiger partial charge in [0.1, 0.15) is 5.58 Å². The van der Waals surface area contributed by atoms with Crippen molar-refractivity contribution < 1.29 is 44.0 Å². The molecule has 22 heavy (non-hydrogen) atoms. The molecule has 0 aliphatic rings. The molecular formula is C12H11NO9. The second-order valence-corrected chi connectivity index (χ2v) is 3.44. The van der Waals surface area contributed by atoms with Crippen molar-refractivity contribution in [2.75, 3.05) is 5.73 Å². The number of hydrogen-bond donors (Lipinski definition) is 5. The van der Waals surface area contributed by atoms with E-state index in [1.807, 2.05) is 24.3 Å². The van der Waals surface area contributed by atoms with Crippen molar-refractivity contribution in [3.63, 3.8) is 0 Å². The molecule has 0 unspecified atom stereocenters. The zero-order valence-corrected chi connectivity index (χ0v) is 10.8. The number of benzene rings is 1. The van der Waals surface area contributed by atoms with E-state index in [2.05, 4.69) is 0 Å². The number of carbonyl (C=O) groups is 4. The summed E-state index contributed by atoms with van der Waals surface area (Å²) in [5, 5.41) is 30.6. The Morgan fingerprint density at radius 1 is 0.818 bits per heavy atom. The number of aliphatic carboxylic acids is 4. The Morgan fingerprint density at radius 2 is 1.27 bits per heavy atom. The zero-order chi connectivity index (χ0) is 17.3. The third-order valence-electron chi connectivity index (χ3n) is 1.84. The van der Waals surface area contributed by atoms with Gasteiger partial charge in [-0.3, -0.25) is 0 Å². The molecule has 0 fully saturated rings. The van der Waals surface area contributed by atoms with E-state index in [-0.39, 0.29) is 0 Å². The smallest absolute Gasteiger partial charge is 0.414 e. The highest BCUT2D eigenvalue weighted by molar-refractivity contribution is 6.27. The minimum Gasteiger partial charge on any atom is -0.473 e. The number of nitrogens with two attached hydrogens (primary N) is 1. The van der Waals surface area contributed by atoms with Gasteiger partial charge in [0.15, 0.2) is 0 Å². The summed E-state index contributed by atoms with van der Waals surface area (Å²) in [6.45, 7) is 0. The topological polar surface area (TPSA) is 188 Å². The van der Waals surface area contributed by atoms with E-state index in [4.69, 9.17) is 49.8 Å². The van der Waals surface area contributed by atoms with Gasteiger partial charge in [0.05, 0.1) is 6.26 Å². The Morgan fingerprint density at radius 3 is 1.68 bits per heavy atom. The molecule has 0 radical (unpaired) electrons. The Kier molecular flexibility index (Phi) is 7.19. The SMILES string of the molecule is Nc1ccc2occc2c1.O=C(O)C(=O)O.O=C(O)C(=O)O. The van der Waals surface area contributed by atoms with Crippen LogP contribution in [0.15, 0.2) is 34.9 Å². The summed E-state index contributed by atoms with van der Waals surface area (Å²) in [7, 11) is 0. The van der Waals surface area contributed by atoms with Gasteiger partial charge in [-0.2, -0.15) is 0 Å². The Bertz CT molecular complexity index is 641. The molecule has 1 aromatic heterocycles. The van der Waals surface area contributed by atoms with Crippen molar-refractivity contribution in [2.24, 2.45) is 0 Å². The first-order valence-corrected chi connectivity index (χ1v) is 5.30. The van der Waals surface area contributed by atoms with Crippen LogP contribution in [-0.4, -0.2) is 44.3 Å². The predicted molar refractivity (Wildman–Crippen MR) is 71.2 cm³/mol. The van der Waals surface area contributed by atoms with E-state index in [1.54, 1.807) is 6.26 Å². The maximum atomic E-state index is 9.10. The summed E-state index contributed by atoms with van der Waals surface area (Å²) in [6, 6.07) is 7.47. The predicted octanol–water partition coefficient (Wildman–Crippen LogP) is 0.326. The van der Waals surface area contributed by atoms with Gasteiger partial charge in [-0.15, -0.1) is 0 Å². The number of nitrogen functional groups attached to an aromatic ring is 1. The fourth-order valence-corrected chi connectivity index (χ4v) is 0.985. The van der Waals surface area contributed by atoms with Gasteiger partial charge in [-0.25, -0.2) is 19.2 Å². The van der Waals surface area contributed by atoms with Crippen molar-refractivity contribution in [1.82, 2.24) is 0 Å². The fraction of sp³-hybridized carbons (Fsp3) is 0. The Hall–Kier alpha value is -3.56. The number of carboxylic acids is 4. The molecule has 1 heterocycles. The zero-order valence-electron chi connectivity index (χ0n) is 10.8. The Labute approximate surface area is 122 Å². The van der Waals surface area contributed by atoms with Crippen LogP contribution in [0.5, 0.6) is 0 Å². The van der Waals surface area contributed by atoms with Crippen LogP contribution in [0, 0.1) is 0 Å². The number of hydrogen-bond acceptors (Lipinski definition) is 6. The summed E-state index contributed by atoms with van der Waals surface area (Å²) in [6.07, 6.45) is 1.66. The van der Waals surface area contributed by atoms with Crippen LogP contribution < -0.4 is 5.73 Å². The number of rotatable bonds is 0. The van der Waals surface area contributed by atoms with Crippen LogP contribution in [0.3, 0.4) is 0 Å². The molecule has 0 atom stereocenters. The summed E-state index contributed by atoms with van der Waals surface area (Å²) in [4.78, 5) is 36.4. The minimum absolute atomic E-state index is 0.772. The first kappa shape index (κ1) is 18.4. The summed E-state index contributed by atoms with van der Waals surface area (Å²) in [5.41, 5.74) is 7.20. The Balaban J connectivity index is 0.000000324. The average molecular weight is 313 g/mol. The lowest BCUT2D eigenvalue weighted by Gasteiger charge is -1.89. The van der Waals surface area contributed by atoms with E-state index in [9.17, 15) is 0 Å². The van der Waals surface area contributed by atoms with Crippen molar-refractivity contribution in [2.45, 2.75) is 0 Å². The summed E-state index contributed by atoms with van der Waals surface area (Å²) >= 11 is 0. The molecule has 0 bridgehead atoms. The van der Waals surface area contributed by atoms with Gasteiger partial charge in [0, 0.05) is 11.1 Å². The molecule has 0 saturated heterocycles. The van der Waals surface area contributed by atoms with Gasteiger partial charge in [0.25, 0.3) is 0 Å². The largest absolute Gasteiger partial charge is 0.473 e. The van der Waals surface area contributed by atoms with Crippen LogP contribution in [0.2, 0.25) is 0 Å². The highest BCUT2D eigenvalue weighted by atomic mass is 16.4. The summed E-state index contributed by atoms with van der Waals surface area (Å²) in [5.74, 6) is -7.30. The van der Waals surface area contributed by atoms with Crippen LogP contribution in [0.4, 0.5) is 5.69 Å². The van der Waals surface area contributed by atoms with Gasteiger partial charge < -0.3 is 30.6 Å². The lowest BCUT2D eigenvalue weighted by molar-refractivity contribution is -0.159. The molecule has 2 aromatic rings. The lowest BCUT2D eigenvalue weighted by atomic mass is 10.2. The van der Waals surface area contributed by atoms with E-state index in [1.165, 1.54) is 0 Å². The standard InChI is InChI=1S/C8H7NO.2C2H2O4/c9-7-1-2-8-6(5-7)3-4-10-8;2*3-1(4)2(5)6/h1-5H,9H2;2*(H,3,4)(H,5,6). The van der Waals surface area contributed by atoms with E-state index in [0.29, 0.717) is 0 Å².